The molecular formula is C12H23BrN4. The van der Waals surface area contributed by atoms with E-state index < -0.39 is 0 Å². The fourth-order valence-corrected chi connectivity index (χ4v) is 2.28. The quantitative estimate of drug-likeness (QED) is 0.871. The van der Waals surface area contributed by atoms with Crippen molar-refractivity contribution in [2.45, 2.75) is 39.3 Å². The van der Waals surface area contributed by atoms with E-state index in [1.165, 1.54) is 5.69 Å². The van der Waals surface area contributed by atoms with E-state index in [9.17, 15) is 0 Å². The van der Waals surface area contributed by atoms with Gasteiger partial charge in [-0.3, -0.25) is 4.68 Å². The van der Waals surface area contributed by atoms with Crippen molar-refractivity contribution in [3.05, 3.63) is 15.9 Å². The van der Waals surface area contributed by atoms with Crippen molar-refractivity contribution in [2.75, 3.05) is 20.6 Å². The van der Waals surface area contributed by atoms with Gasteiger partial charge in [-0.15, -0.1) is 0 Å². The van der Waals surface area contributed by atoms with Gasteiger partial charge in [-0.2, -0.15) is 5.10 Å². The molecule has 2 N–H and O–H groups in total. The van der Waals surface area contributed by atoms with Crippen molar-refractivity contribution in [2.24, 2.45) is 5.73 Å². The van der Waals surface area contributed by atoms with Crippen molar-refractivity contribution in [3.8, 4) is 0 Å². The lowest BCUT2D eigenvalue weighted by Gasteiger charge is -2.16. The predicted octanol–water partition coefficient (Wildman–Crippen LogP) is 1.80. The zero-order valence-electron chi connectivity index (χ0n) is 11.2. The Bertz CT molecular complexity index is 360. The van der Waals surface area contributed by atoms with Gasteiger partial charge in [0.2, 0.25) is 0 Å². The van der Waals surface area contributed by atoms with Crippen LogP contribution < -0.4 is 5.73 Å². The SMILES string of the molecule is CCn1nc(C)c(Br)c1CC(N)CCN(C)C. The van der Waals surface area contributed by atoms with Gasteiger partial charge in [-0.05, 0) is 56.8 Å². The fourth-order valence-electron chi connectivity index (χ4n) is 1.84. The summed E-state index contributed by atoms with van der Waals surface area (Å²) in [4.78, 5) is 2.16. The van der Waals surface area contributed by atoms with Crippen LogP contribution in [0.5, 0.6) is 0 Å². The Morgan fingerprint density at radius 2 is 2.12 bits per heavy atom. The Morgan fingerprint density at radius 3 is 2.65 bits per heavy atom. The van der Waals surface area contributed by atoms with E-state index >= 15 is 0 Å². The third-order valence-corrected chi connectivity index (χ3v) is 3.89. The summed E-state index contributed by atoms with van der Waals surface area (Å²) in [5, 5.41) is 4.48. The first-order valence-corrected chi connectivity index (χ1v) is 6.87. The molecule has 98 valence electrons. The monoisotopic (exact) mass is 302 g/mol. The number of hydrogen-bond donors (Lipinski definition) is 1. The van der Waals surface area contributed by atoms with Crippen molar-refractivity contribution in [1.29, 1.82) is 0 Å². The van der Waals surface area contributed by atoms with Crippen LogP contribution in [-0.4, -0.2) is 41.4 Å². The van der Waals surface area contributed by atoms with Gasteiger partial charge in [0.15, 0.2) is 0 Å². The third-order valence-electron chi connectivity index (χ3n) is 2.86. The number of rotatable bonds is 6. The smallest absolute Gasteiger partial charge is 0.0738 e. The Morgan fingerprint density at radius 1 is 1.47 bits per heavy atom. The van der Waals surface area contributed by atoms with Gasteiger partial charge in [-0.1, -0.05) is 0 Å². The molecule has 17 heavy (non-hydrogen) atoms. The van der Waals surface area contributed by atoms with Crippen LogP contribution in [0.1, 0.15) is 24.7 Å². The highest BCUT2D eigenvalue weighted by Gasteiger charge is 2.15. The number of aryl methyl sites for hydroxylation is 2. The summed E-state index contributed by atoms with van der Waals surface area (Å²) in [6.45, 7) is 6.04. The fraction of sp³-hybridized carbons (Fsp3) is 0.750. The van der Waals surface area contributed by atoms with Crippen molar-refractivity contribution in [3.63, 3.8) is 0 Å². The molecule has 1 atom stereocenters. The molecule has 1 aromatic heterocycles. The first-order valence-electron chi connectivity index (χ1n) is 6.07. The molecule has 0 spiro atoms. The zero-order valence-corrected chi connectivity index (χ0v) is 12.8. The van der Waals surface area contributed by atoms with Gasteiger partial charge in [-0.25, -0.2) is 0 Å². The molecule has 0 aliphatic heterocycles. The minimum absolute atomic E-state index is 0.190. The lowest BCUT2D eigenvalue weighted by molar-refractivity contribution is 0.377. The lowest BCUT2D eigenvalue weighted by atomic mass is 10.1. The first-order chi connectivity index (χ1) is 7.95. The summed E-state index contributed by atoms with van der Waals surface area (Å²) in [5.41, 5.74) is 8.43. The molecule has 0 saturated heterocycles. The molecule has 0 bridgehead atoms. The van der Waals surface area contributed by atoms with Crippen LogP contribution in [0.15, 0.2) is 4.47 Å². The van der Waals surface area contributed by atoms with E-state index in [0.717, 1.165) is 36.1 Å². The van der Waals surface area contributed by atoms with Crippen molar-refractivity contribution < 1.29 is 0 Å². The molecule has 1 heterocycles. The van der Waals surface area contributed by atoms with Gasteiger partial charge >= 0.3 is 0 Å². The highest BCUT2D eigenvalue weighted by atomic mass is 79.9. The normalized spacial score (nSPS) is 13.4. The minimum atomic E-state index is 0.190. The summed E-state index contributed by atoms with van der Waals surface area (Å²) in [6, 6.07) is 0.190. The van der Waals surface area contributed by atoms with E-state index in [4.69, 9.17) is 5.73 Å². The van der Waals surface area contributed by atoms with Crippen LogP contribution in [0.25, 0.3) is 0 Å². The molecule has 5 heteroatoms. The summed E-state index contributed by atoms with van der Waals surface area (Å²) >= 11 is 3.60. The van der Waals surface area contributed by atoms with E-state index in [2.05, 4.69) is 46.9 Å². The molecule has 1 aromatic rings. The molecule has 0 aromatic carbocycles. The Kier molecular flexibility index (Phi) is 5.62. The average molecular weight is 303 g/mol. The second-order valence-electron chi connectivity index (χ2n) is 4.72. The molecule has 0 fully saturated rings. The van der Waals surface area contributed by atoms with Crippen LogP contribution in [0, 0.1) is 6.92 Å². The molecule has 0 saturated carbocycles. The second-order valence-corrected chi connectivity index (χ2v) is 5.51. The van der Waals surface area contributed by atoms with Crippen LogP contribution >= 0.6 is 15.9 Å². The zero-order chi connectivity index (χ0) is 13.0. The highest BCUT2D eigenvalue weighted by Crippen LogP contribution is 2.22. The lowest BCUT2D eigenvalue weighted by Crippen LogP contribution is -2.29. The Balaban J connectivity index is 2.67. The van der Waals surface area contributed by atoms with E-state index in [-0.39, 0.29) is 6.04 Å². The van der Waals surface area contributed by atoms with Gasteiger partial charge in [0.25, 0.3) is 0 Å². The number of aromatic nitrogens is 2. The number of halogens is 1. The standard InChI is InChI=1S/C12H23BrN4/c1-5-17-11(12(13)9(2)15-17)8-10(14)6-7-16(3)4/h10H,5-8,14H2,1-4H3. The number of nitrogens with two attached hydrogens (primary N) is 1. The Hall–Kier alpha value is -0.390. The molecule has 0 amide bonds. The Labute approximate surface area is 112 Å². The summed E-state index contributed by atoms with van der Waals surface area (Å²) in [6.07, 6.45) is 1.89. The van der Waals surface area contributed by atoms with Crippen LogP contribution in [-0.2, 0) is 13.0 Å². The minimum Gasteiger partial charge on any atom is -0.327 e. The van der Waals surface area contributed by atoms with Crippen molar-refractivity contribution >= 4 is 15.9 Å². The van der Waals surface area contributed by atoms with E-state index in [1.807, 2.05) is 11.6 Å². The maximum atomic E-state index is 6.17. The van der Waals surface area contributed by atoms with Crippen LogP contribution in [0.3, 0.4) is 0 Å². The third kappa shape index (κ3) is 4.08. The van der Waals surface area contributed by atoms with Gasteiger partial charge < -0.3 is 10.6 Å². The summed E-state index contributed by atoms with van der Waals surface area (Å²) in [7, 11) is 4.14. The van der Waals surface area contributed by atoms with E-state index in [1.54, 1.807) is 0 Å². The largest absolute Gasteiger partial charge is 0.327 e. The molecule has 0 aliphatic carbocycles. The highest BCUT2D eigenvalue weighted by molar-refractivity contribution is 9.10. The molecule has 0 aliphatic rings. The van der Waals surface area contributed by atoms with Gasteiger partial charge in [0.1, 0.15) is 0 Å². The molecular weight excluding hydrogens is 280 g/mol. The number of hydrogen-bond acceptors (Lipinski definition) is 3. The summed E-state index contributed by atoms with van der Waals surface area (Å²) < 4.78 is 3.15. The van der Waals surface area contributed by atoms with Crippen LogP contribution in [0.4, 0.5) is 0 Å². The molecule has 0 radical (unpaired) electrons. The van der Waals surface area contributed by atoms with Gasteiger partial charge in [0.05, 0.1) is 15.9 Å². The van der Waals surface area contributed by atoms with Crippen molar-refractivity contribution in [1.82, 2.24) is 14.7 Å². The summed E-state index contributed by atoms with van der Waals surface area (Å²) in [5.74, 6) is 0. The average Bonchev–Trinajstić information content (AvgIpc) is 2.54. The molecule has 4 nitrogen and oxygen atoms in total. The maximum absolute atomic E-state index is 6.17. The molecule has 1 unspecified atom stereocenters. The van der Waals surface area contributed by atoms with Crippen LogP contribution in [0.2, 0.25) is 0 Å². The first kappa shape index (κ1) is 14.7. The topological polar surface area (TPSA) is 47.1 Å². The maximum Gasteiger partial charge on any atom is 0.0738 e. The predicted molar refractivity (Wildman–Crippen MR) is 75.2 cm³/mol. The second kappa shape index (κ2) is 6.52. The number of nitrogens with zero attached hydrogens (tertiary/aromatic N) is 3. The molecule has 1 rings (SSSR count). The van der Waals surface area contributed by atoms with Gasteiger partial charge in [0, 0.05) is 19.0 Å². The van der Waals surface area contributed by atoms with E-state index in [0.29, 0.717) is 0 Å².